The first-order chi connectivity index (χ1) is 11.6. The number of anilines is 1. The zero-order chi connectivity index (χ0) is 17.4. The molecule has 2 rings (SSSR count). The SMILES string of the molecule is COCCCNC(=O)c1ccnc(C(=O)Nc2cccc(C)c2)c1. The van der Waals surface area contributed by atoms with Crippen molar-refractivity contribution in [3.8, 4) is 0 Å². The Morgan fingerprint density at radius 1 is 1.17 bits per heavy atom. The normalized spacial score (nSPS) is 10.2. The highest BCUT2D eigenvalue weighted by Crippen LogP contribution is 2.11. The van der Waals surface area contributed by atoms with Crippen LogP contribution < -0.4 is 10.6 Å². The van der Waals surface area contributed by atoms with Crippen LogP contribution in [0.25, 0.3) is 0 Å². The number of ether oxygens (including phenoxy) is 1. The van der Waals surface area contributed by atoms with Gasteiger partial charge in [0.15, 0.2) is 0 Å². The highest BCUT2D eigenvalue weighted by atomic mass is 16.5. The van der Waals surface area contributed by atoms with E-state index in [-0.39, 0.29) is 17.5 Å². The van der Waals surface area contributed by atoms with Crippen LogP contribution in [-0.4, -0.2) is 37.1 Å². The average molecular weight is 327 g/mol. The Balaban J connectivity index is 2.01. The van der Waals surface area contributed by atoms with E-state index in [0.717, 1.165) is 12.0 Å². The Labute approximate surface area is 141 Å². The largest absolute Gasteiger partial charge is 0.385 e. The van der Waals surface area contributed by atoms with Crippen molar-refractivity contribution >= 4 is 17.5 Å². The molecule has 0 aliphatic carbocycles. The van der Waals surface area contributed by atoms with Crippen molar-refractivity contribution in [2.45, 2.75) is 13.3 Å². The van der Waals surface area contributed by atoms with Gasteiger partial charge in [-0.2, -0.15) is 0 Å². The van der Waals surface area contributed by atoms with Crippen LogP contribution in [0.15, 0.2) is 42.6 Å². The number of carbonyl (C=O) groups is 2. The molecular formula is C18H21N3O3. The Hall–Kier alpha value is -2.73. The molecule has 0 saturated carbocycles. The summed E-state index contributed by atoms with van der Waals surface area (Å²) in [5, 5.41) is 5.55. The van der Waals surface area contributed by atoms with E-state index in [2.05, 4.69) is 15.6 Å². The molecule has 0 bridgehead atoms. The molecule has 0 unspecified atom stereocenters. The third-order valence-electron chi connectivity index (χ3n) is 3.34. The molecule has 1 heterocycles. The second kappa shape index (κ2) is 8.79. The number of aryl methyl sites for hydroxylation is 1. The topological polar surface area (TPSA) is 80.3 Å². The third kappa shape index (κ3) is 5.17. The van der Waals surface area contributed by atoms with E-state index in [0.29, 0.717) is 24.4 Å². The molecule has 1 aromatic carbocycles. The maximum Gasteiger partial charge on any atom is 0.274 e. The van der Waals surface area contributed by atoms with Crippen molar-refractivity contribution in [2.24, 2.45) is 0 Å². The van der Waals surface area contributed by atoms with Crippen LogP contribution in [0.5, 0.6) is 0 Å². The molecule has 24 heavy (non-hydrogen) atoms. The molecule has 2 N–H and O–H groups in total. The lowest BCUT2D eigenvalue weighted by molar-refractivity contribution is 0.0948. The van der Waals surface area contributed by atoms with Gasteiger partial charge in [-0.25, -0.2) is 0 Å². The quantitative estimate of drug-likeness (QED) is 0.765. The number of rotatable bonds is 7. The van der Waals surface area contributed by atoms with Gasteiger partial charge in [-0.15, -0.1) is 0 Å². The first-order valence-corrected chi connectivity index (χ1v) is 7.71. The summed E-state index contributed by atoms with van der Waals surface area (Å²) in [5.41, 5.74) is 2.33. The molecule has 0 atom stereocenters. The second-order valence-electron chi connectivity index (χ2n) is 5.36. The number of methoxy groups -OCH3 is 1. The number of pyridine rings is 1. The molecule has 2 aromatic rings. The minimum atomic E-state index is -0.352. The number of nitrogens with one attached hydrogen (secondary N) is 2. The number of hydrogen-bond acceptors (Lipinski definition) is 4. The number of hydrogen-bond donors (Lipinski definition) is 2. The van der Waals surface area contributed by atoms with Crippen LogP contribution >= 0.6 is 0 Å². The Morgan fingerprint density at radius 3 is 2.75 bits per heavy atom. The Bertz CT molecular complexity index is 716. The lowest BCUT2D eigenvalue weighted by Gasteiger charge is -2.08. The molecule has 0 aliphatic heterocycles. The van der Waals surface area contributed by atoms with Gasteiger partial charge >= 0.3 is 0 Å². The highest BCUT2D eigenvalue weighted by Gasteiger charge is 2.12. The maximum atomic E-state index is 12.3. The van der Waals surface area contributed by atoms with E-state index in [1.165, 1.54) is 12.3 Å². The van der Waals surface area contributed by atoms with E-state index in [4.69, 9.17) is 4.74 Å². The van der Waals surface area contributed by atoms with Crippen molar-refractivity contribution in [1.29, 1.82) is 0 Å². The van der Waals surface area contributed by atoms with E-state index in [9.17, 15) is 9.59 Å². The predicted octanol–water partition coefficient (Wildman–Crippen LogP) is 2.41. The molecule has 6 heteroatoms. The molecule has 0 saturated heterocycles. The van der Waals surface area contributed by atoms with Crippen molar-refractivity contribution in [3.05, 3.63) is 59.4 Å². The summed E-state index contributed by atoms with van der Waals surface area (Å²) in [6.07, 6.45) is 2.18. The van der Waals surface area contributed by atoms with Crippen LogP contribution in [0.1, 0.15) is 32.8 Å². The van der Waals surface area contributed by atoms with Crippen molar-refractivity contribution < 1.29 is 14.3 Å². The van der Waals surface area contributed by atoms with Gasteiger partial charge in [0.2, 0.25) is 0 Å². The van der Waals surface area contributed by atoms with Gasteiger partial charge in [0.1, 0.15) is 5.69 Å². The predicted molar refractivity (Wildman–Crippen MR) is 92.2 cm³/mol. The summed E-state index contributed by atoms with van der Waals surface area (Å²) in [6.45, 7) is 3.04. The van der Waals surface area contributed by atoms with Crippen LogP contribution in [0, 0.1) is 6.92 Å². The van der Waals surface area contributed by atoms with Crippen LogP contribution in [-0.2, 0) is 4.74 Å². The van der Waals surface area contributed by atoms with Crippen LogP contribution in [0.2, 0.25) is 0 Å². The molecule has 1 aromatic heterocycles. The highest BCUT2D eigenvalue weighted by molar-refractivity contribution is 6.04. The molecule has 0 spiro atoms. The summed E-state index contributed by atoms with van der Waals surface area (Å²) in [6, 6.07) is 10.5. The minimum Gasteiger partial charge on any atom is -0.385 e. The standard InChI is InChI=1S/C18H21N3O3/c1-13-5-3-6-15(11-13)21-18(23)16-12-14(7-9-19-16)17(22)20-8-4-10-24-2/h3,5-7,9,11-12H,4,8,10H2,1-2H3,(H,20,22)(H,21,23). The molecule has 0 aliphatic rings. The van der Waals surface area contributed by atoms with Crippen LogP contribution in [0.3, 0.4) is 0 Å². The van der Waals surface area contributed by atoms with Crippen molar-refractivity contribution in [2.75, 3.05) is 25.6 Å². The number of aromatic nitrogens is 1. The molecule has 0 radical (unpaired) electrons. The zero-order valence-corrected chi connectivity index (χ0v) is 13.8. The fourth-order valence-corrected chi connectivity index (χ4v) is 2.13. The number of amides is 2. The number of benzene rings is 1. The molecule has 2 amide bonds. The summed E-state index contributed by atoms with van der Waals surface area (Å²) in [4.78, 5) is 28.4. The molecule has 6 nitrogen and oxygen atoms in total. The maximum absolute atomic E-state index is 12.3. The van der Waals surface area contributed by atoms with Gasteiger partial charge in [0, 0.05) is 37.7 Å². The Kier molecular flexibility index (Phi) is 6.45. The smallest absolute Gasteiger partial charge is 0.274 e. The second-order valence-corrected chi connectivity index (χ2v) is 5.36. The first-order valence-electron chi connectivity index (χ1n) is 7.71. The molecular weight excluding hydrogens is 306 g/mol. The van der Waals surface area contributed by atoms with E-state index >= 15 is 0 Å². The van der Waals surface area contributed by atoms with Gasteiger partial charge in [-0.3, -0.25) is 14.6 Å². The fraction of sp³-hybridized carbons (Fsp3) is 0.278. The van der Waals surface area contributed by atoms with E-state index in [1.807, 2.05) is 25.1 Å². The van der Waals surface area contributed by atoms with Crippen molar-refractivity contribution in [3.63, 3.8) is 0 Å². The summed E-state index contributed by atoms with van der Waals surface area (Å²) >= 11 is 0. The summed E-state index contributed by atoms with van der Waals surface area (Å²) < 4.78 is 4.93. The fourth-order valence-electron chi connectivity index (χ4n) is 2.13. The summed E-state index contributed by atoms with van der Waals surface area (Å²) in [7, 11) is 1.61. The third-order valence-corrected chi connectivity index (χ3v) is 3.34. The summed E-state index contributed by atoms with van der Waals surface area (Å²) in [5.74, 6) is -0.590. The van der Waals surface area contributed by atoms with Gasteiger partial charge in [0.25, 0.3) is 11.8 Å². The van der Waals surface area contributed by atoms with Gasteiger partial charge in [0.05, 0.1) is 0 Å². The minimum absolute atomic E-state index is 0.195. The van der Waals surface area contributed by atoms with Gasteiger partial charge < -0.3 is 15.4 Å². The molecule has 126 valence electrons. The van der Waals surface area contributed by atoms with Crippen LogP contribution in [0.4, 0.5) is 5.69 Å². The van der Waals surface area contributed by atoms with Gasteiger partial charge in [-0.1, -0.05) is 12.1 Å². The monoisotopic (exact) mass is 327 g/mol. The number of nitrogens with zero attached hydrogens (tertiary/aromatic N) is 1. The van der Waals surface area contributed by atoms with Gasteiger partial charge in [-0.05, 0) is 43.2 Å². The average Bonchev–Trinajstić information content (AvgIpc) is 2.58. The Morgan fingerprint density at radius 2 is 2.00 bits per heavy atom. The van der Waals surface area contributed by atoms with Crippen molar-refractivity contribution in [1.82, 2.24) is 10.3 Å². The first kappa shape index (κ1) is 17.6. The lowest BCUT2D eigenvalue weighted by Crippen LogP contribution is -2.25. The molecule has 0 fully saturated rings. The lowest BCUT2D eigenvalue weighted by atomic mass is 10.2. The zero-order valence-electron chi connectivity index (χ0n) is 13.8. The van der Waals surface area contributed by atoms with E-state index in [1.54, 1.807) is 19.2 Å². The number of carbonyl (C=O) groups excluding carboxylic acids is 2. The van der Waals surface area contributed by atoms with E-state index < -0.39 is 0 Å².